The summed E-state index contributed by atoms with van der Waals surface area (Å²) in [6.45, 7) is 8.58. The minimum atomic E-state index is -0.723. The van der Waals surface area contributed by atoms with E-state index in [4.69, 9.17) is 11.6 Å². The normalized spacial score (nSPS) is 48.5. The maximum absolute atomic E-state index is 13.4. The number of carbonyl (C=O) groups excluding carboxylic acids is 2. The van der Waals surface area contributed by atoms with Gasteiger partial charge in [-0.25, -0.2) is 0 Å². The molecule has 0 aromatic carbocycles. The molecule has 6 rings (SSSR count). The highest BCUT2D eigenvalue weighted by Crippen LogP contribution is 2.74. The van der Waals surface area contributed by atoms with Gasteiger partial charge >= 0.3 is 5.97 Å². The first-order valence-electron chi connectivity index (χ1n) is 11.9. The van der Waals surface area contributed by atoms with Crippen LogP contribution in [0.15, 0.2) is 22.8 Å². The molecule has 168 valence electrons. The van der Waals surface area contributed by atoms with Crippen molar-refractivity contribution in [2.75, 3.05) is 0 Å². The first kappa shape index (κ1) is 21.4. The smallest absolute Gasteiger partial charge is 0.309 e. The molecule has 0 aromatic heterocycles. The van der Waals surface area contributed by atoms with E-state index in [1.54, 1.807) is 0 Å². The Morgan fingerprint density at radius 2 is 1.87 bits per heavy atom. The van der Waals surface area contributed by atoms with Gasteiger partial charge in [0.15, 0.2) is 11.6 Å². The molecule has 0 radical (unpaired) electrons. The van der Waals surface area contributed by atoms with Crippen molar-refractivity contribution >= 4 is 29.1 Å². The number of fused-ring (bicyclic) bond motifs is 1. The summed E-state index contributed by atoms with van der Waals surface area (Å²) in [5, 5.41) is 10.2. The number of hydrogen-bond acceptors (Lipinski definition) is 3. The molecule has 0 aromatic rings. The Labute approximate surface area is 189 Å². The fourth-order valence-corrected chi connectivity index (χ4v) is 9.30. The fourth-order valence-electron chi connectivity index (χ4n) is 9.07. The summed E-state index contributed by atoms with van der Waals surface area (Å²) in [5.74, 6) is -0.748. The van der Waals surface area contributed by atoms with Crippen LogP contribution in [0.1, 0.15) is 66.2 Å². The molecule has 3 fully saturated rings. The van der Waals surface area contributed by atoms with Crippen molar-refractivity contribution in [3.8, 4) is 0 Å². The maximum atomic E-state index is 13.4. The highest BCUT2D eigenvalue weighted by atomic mass is 35.5. The summed E-state index contributed by atoms with van der Waals surface area (Å²) in [4.78, 5) is 39.0. The van der Waals surface area contributed by atoms with E-state index in [-0.39, 0.29) is 57.0 Å². The molecule has 0 amide bonds. The standard InChI is InChI=1S/C26H33ClO4/c1-13(2)15-12-26-9-6-18-24(3,7-5-8-25(18,4)23(30)31)19(26)10-14(15)20-17(28)11-16(27)22(29)21(20)26/h11-14,18-21H,5-10H2,1-4H3,(H,30,31)/t14-,18+,19+,20+,21+,24+,25-,26+/m1/s1. The predicted octanol–water partition coefficient (Wildman–Crippen LogP) is 5.40. The summed E-state index contributed by atoms with van der Waals surface area (Å²) in [6, 6.07) is 0. The zero-order valence-electron chi connectivity index (χ0n) is 18.9. The van der Waals surface area contributed by atoms with Gasteiger partial charge in [-0.2, -0.15) is 0 Å². The zero-order chi connectivity index (χ0) is 22.5. The lowest BCUT2D eigenvalue weighted by Crippen LogP contribution is -2.67. The Morgan fingerprint density at radius 1 is 1.16 bits per heavy atom. The number of hydrogen-bond donors (Lipinski definition) is 1. The molecule has 2 bridgehead atoms. The number of carboxylic acid groups (broad SMARTS) is 1. The van der Waals surface area contributed by atoms with Crippen LogP contribution in [0.5, 0.6) is 0 Å². The first-order valence-corrected chi connectivity index (χ1v) is 12.3. The number of rotatable bonds is 2. The molecule has 1 spiro atoms. The molecular weight excluding hydrogens is 412 g/mol. The van der Waals surface area contributed by atoms with Crippen molar-refractivity contribution in [3.63, 3.8) is 0 Å². The first-order chi connectivity index (χ1) is 14.5. The molecule has 6 aliphatic carbocycles. The van der Waals surface area contributed by atoms with Gasteiger partial charge in [0, 0.05) is 23.3 Å². The van der Waals surface area contributed by atoms with Gasteiger partial charge in [0.1, 0.15) is 0 Å². The van der Waals surface area contributed by atoms with E-state index in [0.717, 1.165) is 38.5 Å². The third-order valence-electron chi connectivity index (χ3n) is 10.3. The lowest BCUT2D eigenvalue weighted by atomic mass is 9.33. The monoisotopic (exact) mass is 444 g/mol. The van der Waals surface area contributed by atoms with Crippen molar-refractivity contribution < 1.29 is 19.5 Å². The van der Waals surface area contributed by atoms with E-state index in [2.05, 4.69) is 26.8 Å². The van der Waals surface area contributed by atoms with E-state index in [9.17, 15) is 19.5 Å². The Kier molecular flexibility index (Phi) is 4.53. The second-order valence-corrected chi connectivity index (χ2v) is 12.1. The van der Waals surface area contributed by atoms with Crippen molar-refractivity contribution in [1.29, 1.82) is 0 Å². The molecule has 8 atom stereocenters. The van der Waals surface area contributed by atoms with Gasteiger partial charge < -0.3 is 5.11 Å². The molecule has 0 aliphatic heterocycles. The number of Topliss-reactive ketones (excluding diaryl/α,β-unsaturated/α-hetero) is 1. The minimum Gasteiger partial charge on any atom is -0.481 e. The van der Waals surface area contributed by atoms with Crippen LogP contribution < -0.4 is 0 Å². The number of ketones is 2. The van der Waals surface area contributed by atoms with E-state index in [1.807, 2.05) is 6.92 Å². The average Bonchev–Trinajstić information content (AvgIpc) is 2.70. The maximum Gasteiger partial charge on any atom is 0.309 e. The number of aliphatic carboxylic acids is 1. The number of halogens is 1. The van der Waals surface area contributed by atoms with Gasteiger partial charge in [-0.05, 0) is 68.1 Å². The number of carbonyl (C=O) groups is 3. The second kappa shape index (κ2) is 6.56. The Balaban J connectivity index is 1.69. The molecule has 0 unspecified atom stereocenters. The molecule has 3 saturated carbocycles. The summed E-state index contributed by atoms with van der Waals surface area (Å²) in [7, 11) is 0. The number of carboxylic acids is 1. The van der Waals surface area contributed by atoms with Gasteiger partial charge in [-0.15, -0.1) is 0 Å². The van der Waals surface area contributed by atoms with Crippen molar-refractivity contribution in [1.82, 2.24) is 0 Å². The SMILES string of the molecule is CC(C)C1=C[C@@]23CC[C@H]4[C@](C)(CCC[C@@]4(C)C(=O)O)[C@@H]2C[C@H]1[C@H]1C(=O)C=C(Cl)C(=O)[C@H]13. The van der Waals surface area contributed by atoms with Gasteiger partial charge in [-0.3, -0.25) is 14.4 Å². The van der Waals surface area contributed by atoms with Gasteiger partial charge in [0.25, 0.3) is 0 Å². The summed E-state index contributed by atoms with van der Waals surface area (Å²) < 4.78 is 0. The largest absolute Gasteiger partial charge is 0.481 e. The van der Waals surface area contributed by atoms with Crippen LogP contribution >= 0.6 is 11.6 Å². The Morgan fingerprint density at radius 3 is 2.52 bits per heavy atom. The van der Waals surface area contributed by atoms with E-state index in [0.29, 0.717) is 5.92 Å². The summed E-state index contributed by atoms with van der Waals surface area (Å²) in [5.41, 5.74) is 0.0634. The van der Waals surface area contributed by atoms with Crippen molar-refractivity contribution in [2.45, 2.75) is 66.2 Å². The molecular formula is C26H33ClO4. The quantitative estimate of drug-likeness (QED) is 0.578. The van der Waals surface area contributed by atoms with Crippen LogP contribution in [0.3, 0.4) is 0 Å². The third-order valence-corrected chi connectivity index (χ3v) is 10.6. The third kappa shape index (κ3) is 2.52. The Bertz CT molecular complexity index is 947. The van der Waals surface area contributed by atoms with Gasteiger partial charge in [-0.1, -0.05) is 50.4 Å². The average molecular weight is 445 g/mol. The molecule has 1 N–H and O–H groups in total. The van der Waals surface area contributed by atoms with Gasteiger partial charge in [0.2, 0.25) is 0 Å². The van der Waals surface area contributed by atoms with Crippen LogP contribution in [-0.2, 0) is 14.4 Å². The van der Waals surface area contributed by atoms with Crippen LogP contribution in [0, 0.1) is 51.8 Å². The molecule has 0 heterocycles. The predicted molar refractivity (Wildman–Crippen MR) is 118 cm³/mol. The topological polar surface area (TPSA) is 71.4 Å². The van der Waals surface area contributed by atoms with Crippen LogP contribution in [0.2, 0.25) is 0 Å². The highest BCUT2D eigenvalue weighted by Gasteiger charge is 2.71. The lowest BCUT2D eigenvalue weighted by molar-refractivity contribution is -0.197. The van der Waals surface area contributed by atoms with Crippen molar-refractivity contribution in [3.05, 3.63) is 22.8 Å². The van der Waals surface area contributed by atoms with E-state index < -0.39 is 11.4 Å². The molecule has 6 aliphatic rings. The minimum absolute atomic E-state index is 0.00923. The second-order valence-electron chi connectivity index (χ2n) is 11.7. The number of allylic oxidation sites excluding steroid dienone is 4. The van der Waals surface area contributed by atoms with Crippen LogP contribution in [-0.4, -0.2) is 22.6 Å². The fraction of sp³-hybridized carbons (Fsp3) is 0.731. The highest BCUT2D eigenvalue weighted by molar-refractivity contribution is 6.45. The summed E-state index contributed by atoms with van der Waals surface area (Å²) >= 11 is 6.30. The van der Waals surface area contributed by atoms with Gasteiger partial charge in [0.05, 0.1) is 10.4 Å². The van der Waals surface area contributed by atoms with Crippen molar-refractivity contribution in [2.24, 2.45) is 51.8 Å². The molecule has 5 heteroatoms. The van der Waals surface area contributed by atoms with Crippen LogP contribution in [0.4, 0.5) is 0 Å². The molecule has 31 heavy (non-hydrogen) atoms. The lowest BCUT2D eigenvalue weighted by Gasteiger charge is -2.69. The zero-order valence-corrected chi connectivity index (χ0v) is 19.7. The molecule has 0 saturated heterocycles. The summed E-state index contributed by atoms with van der Waals surface area (Å²) in [6.07, 6.45) is 8.80. The Hall–Kier alpha value is -1.42. The molecule has 4 nitrogen and oxygen atoms in total. The van der Waals surface area contributed by atoms with E-state index in [1.165, 1.54) is 11.6 Å². The van der Waals surface area contributed by atoms with Crippen LogP contribution in [0.25, 0.3) is 0 Å². The van der Waals surface area contributed by atoms with E-state index >= 15 is 0 Å².